The average Bonchev–Trinajstić information content (AvgIpc) is 2.46. The zero-order chi connectivity index (χ0) is 16.5. The van der Waals surface area contributed by atoms with Gasteiger partial charge in [-0.1, -0.05) is 26.8 Å². The van der Waals surface area contributed by atoms with Crippen LogP contribution in [0, 0.1) is 0 Å². The van der Waals surface area contributed by atoms with Gasteiger partial charge in [0.15, 0.2) is 0 Å². The van der Waals surface area contributed by atoms with Gasteiger partial charge in [-0.3, -0.25) is 9.59 Å². The fourth-order valence-corrected chi connectivity index (χ4v) is 2.57. The number of aromatic hydroxyl groups is 1. The lowest BCUT2D eigenvalue weighted by atomic mass is 9.86. The Morgan fingerprint density at radius 1 is 1.05 bits per heavy atom. The highest BCUT2D eigenvalue weighted by atomic mass is 16.3. The first-order valence-corrected chi connectivity index (χ1v) is 7.58. The molecule has 1 aromatic carbocycles. The topological polar surface area (TPSA) is 60.9 Å². The number of rotatable bonds is 1. The molecule has 2 rings (SSSR count). The summed E-state index contributed by atoms with van der Waals surface area (Å²) in [4.78, 5) is 27.4. The number of phenolic OH excluding ortho intramolecular Hbond substituents is 1. The summed E-state index contributed by atoms with van der Waals surface area (Å²) < 4.78 is 0. The Kier molecular flexibility index (Phi) is 4.44. The molecule has 0 aromatic heterocycles. The van der Waals surface area contributed by atoms with Crippen LogP contribution >= 0.6 is 0 Å². The SMILES string of the molecule is CC(=O)N1CCN(C(=O)c2cc(C(C)(C)C)ccc2O)CC1. The van der Waals surface area contributed by atoms with Crippen LogP contribution in [-0.4, -0.2) is 52.9 Å². The maximum atomic E-state index is 12.6. The number of hydrogen-bond acceptors (Lipinski definition) is 3. The summed E-state index contributed by atoms with van der Waals surface area (Å²) in [6, 6.07) is 5.20. The summed E-state index contributed by atoms with van der Waals surface area (Å²) in [5.74, 6) is -0.136. The van der Waals surface area contributed by atoms with Gasteiger partial charge in [-0.25, -0.2) is 0 Å². The predicted molar refractivity (Wildman–Crippen MR) is 85.0 cm³/mol. The van der Waals surface area contributed by atoms with Crippen LogP contribution in [-0.2, 0) is 10.2 Å². The monoisotopic (exact) mass is 304 g/mol. The summed E-state index contributed by atoms with van der Waals surface area (Å²) in [7, 11) is 0. The Morgan fingerprint density at radius 3 is 2.09 bits per heavy atom. The van der Waals surface area contributed by atoms with Crippen LogP contribution in [0.4, 0.5) is 0 Å². The lowest BCUT2D eigenvalue weighted by molar-refractivity contribution is -0.130. The average molecular weight is 304 g/mol. The highest BCUT2D eigenvalue weighted by molar-refractivity contribution is 5.97. The van der Waals surface area contributed by atoms with Crippen molar-refractivity contribution in [2.24, 2.45) is 0 Å². The highest BCUT2D eigenvalue weighted by Crippen LogP contribution is 2.28. The van der Waals surface area contributed by atoms with Crippen LogP contribution in [0.25, 0.3) is 0 Å². The van der Waals surface area contributed by atoms with E-state index in [9.17, 15) is 14.7 Å². The molecule has 0 radical (unpaired) electrons. The van der Waals surface area contributed by atoms with E-state index < -0.39 is 0 Å². The van der Waals surface area contributed by atoms with Crippen molar-refractivity contribution in [1.82, 2.24) is 9.80 Å². The van der Waals surface area contributed by atoms with E-state index in [-0.39, 0.29) is 23.0 Å². The third-order valence-corrected chi connectivity index (χ3v) is 4.11. The summed E-state index contributed by atoms with van der Waals surface area (Å²) in [6.07, 6.45) is 0. The Bertz CT molecular complexity index is 582. The molecular formula is C17H24N2O3. The minimum atomic E-state index is -0.174. The van der Waals surface area contributed by atoms with E-state index in [0.29, 0.717) is 31.7 Å². The second kappa shape index (κ2) is 5.99. The van der Waals surface area contributed by atoms with Gasteiger partial charge in [0.25, 0.3) is 5.91 Å². The van der Waals surface area contributed by atoms with E-state index >= 15 is 0 Å². The van der Waals surface area contributed by atoms with Gasteiger partial charge in [-0.15, -0.1) is 0 Å². The van der Waals surface area contributed by atoms with Gasteiger partial charge < -0.3 is 14.9 Å². The van der Waals surface area contributed by atoms with Crippen molar-refractivity contribution in [3.05, 3.63) is 29.3 Å². The Labute approximate surface area is 131 Å². The molecule has 1 aliphatic heterocycles. The quantitative estimate of drug-likeness (QED) is 0.863. The van der Waals surface area contributed by atoms with Crippen LogP contribution in [0.1, 0.15) is 43.6 Å². The number of amides is 2. The Balaban J connectivity index is 2.18. The third kappa shape index (κ3) is 3.40. The molecule has 1 aliphatic rings. The molecule has 1 aromatic rings. The summed E-state index contributed by atoms with van der Waals surface area (Å²) in [6.45, 7) is 9.82. The molecule has 1 N–H and O–H groups in total. The minimum absolute atomic E-state index is 0.00648. The number of carbonyl (C=O) groups is 2. The second-order valence-corrected chi connectivity index (χ2v) is 6.78. The van der Waals surface area contributed by atoms with Crippen LogP contribution in [0.5, 0.6) is 5.75 Å². The molecule has 0 aliphatic carbocycles. The van der Waals surface area contributed by atoms with Crippen molar-refractivity contribution in [3.8, 4) is 5.75 Å². The zero-order valence-corrected chi connectivity index (χ0v) is 13.7. The highest BCUT2D eigenvalue weighted by Gasteiger charge is 2.26. The number of piperazine rings is 1. The van der Waals surface area contributed by atoms with Crippen molar-refractivity contribution in [2.75, 3.05) is 26.2 Å². The van der Waals surface area contributed by atoms with Crippen LogP contribution in [0.2, 0.25) is 0 Å². The molecule has 1 fully saturated rings. The molecule has 5 nitrogen and oxygen atoms in total. The number of nitrogens with zero attached hydrogens (tertiary/aromatic N) is 2. The summed E-state index contributed by atoms with van der Waals surface area (Å²) >= 11 is 0. The zero-order valence-electron chi connectivity index (χ0n) is 13.7. The first kappa shape index (κ1) is 16.3. The van der Waals surface area contributed by atoms with E-state index in [1.165, 1.54) is 6.92 Å². The van der Waals surface area contributed by atoms with Crippen LogP contribution in [0.3, 0.4) is 0 Å². The van der Waals surface area contributed by atoms with E-state index in [0.717, 1.165) is 5.56 Å². The van der Waals surface area contributed by atoms with Gasteiger partial charge in [0, 0.05) is 33.1 Å². The molecule has 1 saturated heterocycles. The molecule has 5 heteroatoms. The van der Waals surface area contributed by atoms with Crippen LogP contribution < -0.4 is 0 Å². The lowest BCUT2D eigenvalue weighted by Gasteiger charge is -2.34. The minimum Gasteiger partial charge on any atom is -0.507 e. The van der Waals surface area contributed by atoms with E-state index in [4.69, 9.17) is 0 Å². The van der Waals surface area contributed by atoms with Crippen molar-refractivity contribution < 1.29 is 14.7 Å². The maximum absolute atomic E-state index is 12.6. The molecule has 0 spiro atoms. The molecule has 22 heavy (non-hydrogen) atoms. The molecule has 2 amide bonds. The predicted octanol–water partition coefficient (Wildman–Crippen LogP) is 1.99. The van der Waals surface area contributed by atoms with Crippen LogP contribution in [0.15, 0.2) is 18.2 Å². The molecule has 0 bridgehead atoms. The van der Waals surface area contributed by atoms with E-state index in [1.807, 2.05) is 6.07 Å². The maximum Gasteiger partial charge on any atom is 0.257 e. The number of hydrogen-bond donors (Lipinski definition) is 1. The number of phenols is 1. The normalized spacial score (nSPS) is 15.8. The van der Waals surface area contributed by atoms with Crippen molar-refractivity contribution in [1.29, 1.82) is 0 Å². The molecular weight excluding hydrogens is 280 g/mol. The smallest absolute Gasteiger partial charge is 0.257 e. The van der Waals surface area contributed by atoms with Gasteiger partial charge in [0.05, 0.1) is 5.56 Å². The lowest BCUT2D eigenvalue weighted by Crippen LogP contribution is -2.50. The molecule has 0 saturated carbocycles. The van der Waals surface area contributed by atoms with Crippen molar-refractivity contribution in [2.45, 2.75) is 33.1 Å². The van der Waals surface area contributed by atoms with Gasteiger partial charge in [-0.05, 0) is 23.1 Å². The Morgan fingerprint density at radius 2 is 1.59 bits per heavy atom. The van der Waals surface area contributed by atoms with Gasteiger partial charge >= 0.3 is 0 Å². The molecule has 0 unspecified atom stereocenters. The number of benzene rings is 1. The Hall–Kier alpha value is -2.04. The van der Waals surface area contributed by atoms with Crippen molar-refractivity contribution >= 4 is 11.8 Å². The van der Waals surface area contributed by atoms with Gasteiger partial charge in [-0.2, -0.15) is 0 Å². The first-order valence-electron chi connectivity index (χ1n) is 7.58. The largest absolute Gasteiger partial charge is 0.507 e. The fraction of sp³-hybridized carbons (Fsp3) is 0.529. The third-order valence-electron chi connectivity index (χ3n) is 4.11. The fourth-order valence-electron chi connectivity index (χ4n) is 2.57. The first-order chi connectivity index (χ1) is 10.2. The summed E-state index contributed by atoms with van der Waals surface area (Å²) in [5.41, 5.74) is 1.26. The van der Waals surface area contributed by atoms with Crippen molar-refractivity contribution in [3.63, 3.8) is 0 Å². The molecule has 120 valence electrons. The molecule has 1 heterocycles. The van der Waals surface area contributed by atoms with Gasteiger partial charge in [0.1, 0.15) is 5.75 Å². The van der Waals surface area contributed by atoms with E-state index in [2.05, 4.69) is 20.8 Å². The van der Waals surface area contributed by atoms with Gasteiger partial charge in [0.2, 0.25) is 5.91 Å². The van der Waals surface area contributed by atoms with E-state index in [1.54, 1.807) is 21.9 Å². The number of carbonyl (C=O) groups excluding carboxylic acids is 2. The second-order valence-electron chi connectivity index (χ2n) is 6.78. The standard InChI is InChI=1S/C17H24N2O3/c1-12(20)18-7-9-19(10-8-18)16(22)14-11-13(17(2,3)4)5-6-15(14)21/h5-6,11,21H,7-10H2,1-4H3. The summed E-state index contributed by atoms with van der Waals surface area (Å²) in [5, 5.41) is 10.0. The molecule has 0 atom stereocenters.